The fourth-order valence-corrected chi connectivity index (χ4v) is 5.18. The zero-order chi connectivity index (χ0) is 27.1. The molecule has 0 aliphatic carbocycles. The van der Waals surface area contributed by atoms with Crippen molar-refractivity contribution in [1.82, 2.24) is 14.8 Å². The van der Waals surface area contributed by atoms with Gasteiger partial charge in [-0.15, -0.1) is 0 Å². The van der Waals surface area contributed by atoms with E-state index in [1.807, 2.05) is 24.8 Å². The third kappa shape index (κ3) is 7.74. The molecule has 1 aliphatic rings. The van der Waals surface area contributed by atoms with Crippen molar-refractivity contribution in [3.05, 3.63) is 58.7 Å². The van der Waals surface area contributed by atoms with E-state index in [0.29, 0.717) is 35.4 Å². The van der Waals surface area contributed by atoms with Gasteiger partial charge in [-0.2, -0.15) is 0 Å². The highest BCUT2D eigenvalue weighted by molar-refractivity contribution is 5.95. The summed E-state index contributed by atoms with van der Waals surface area (Å²) in [5, 5.41) is 2.96. The van der Waals surface area contributed by atoms with Gasteiger partial charge in [0.15, 0.2) is 0 Å². The number of rotatable bonds is 10. The molecule has 8 heteroatoms. The lowest BCUT2D eigenvalue weighted by Gasteiger charge is -2.41. The number of nitrogens with two attached hydrogens (primary N) is 1. The summed E-state index contributed by atoms with van der Waals surface area (Å²) < 4.78 is 13.3. The van der Waals surface area contributed by atoms with Crippen molar-refractivity contribution in [3.8, 4) is 0 Å². The van der Waals surface area contributed by atoms with Gasteiger partial charge in [-0.1, -0.05) is 20.3 Å². The summed E-state index contributed by atoms with van der Waals surface area (Å²) in [5.74, 6) is -0.352. The van der Waals surface area contributed by atoms with Crippen LogP contribution in [0.4, 0.5) is 14.9 Å². The number of amides is 3. The zero-order valence-electron chi connectivity index (χ0n) is 22.9. The number of carbonyl (C=O) groups excluding carboxylic acids is 2. The lowest BCUT2D eigenvalue weighted by molar-refractivity contribution is 0.0956. The first kappa shape index (κ1) is 28.6. The van der Waals surface area contributed by atoms with Crippen LogP contribution in [0.25, 0.3) is 0 Å². The van der Waals surface area contributed by atoms with Gasteiger partial charge in [0.05, 0.1) is 11.3 Å². The van der Waals surface area contributed by atoms with Crippen LogP contribution >= 0.6 is 0 Å². The average molecular weight is 512 g/mol. The van der Waals surface area contributed by atoms with Crippen molar-refractivity contribution in [2.45, 2.75) is 78.8 Å². The number of hydrogen-bond donors (Lipinski definition) is 2. The van der Waals surface area contributed by atoms with E-state index in [0.717, 1.165) is 56.5 Å². The summed E-state index contributed by atoms with van der Waals surface area (Å²) in [6, 6.07) is 8.32. The topological polar surface area (TPSA) is 91.6 Å². The van der Waals surface area contributed by atoms with Crippen LogP contribution in [0, 0.1) is 25.6 Å². The summed E-state index contributed by atoms with van der Waals surface area (Å²) >= 11 is 0. The zero-order valence-corrected chi connectivity index (χ0v) is 22.9. The number of piperidine rings is 1. The highest BCUT2D eigenvalue weighted by Gasteiger charge is 2.30. The Kier molecular flexibility index (Phi) is 10.0. The van der Waals surface area contributed by atoms with E-state index < -0.39 is 5.91 Å². The molecule has 0 saturated carbocycles. The van der Waals surface area contributed by atoms with Gasteiger partial charge in [-0.05, 0) is 88.3 Å². The van der Waals surface area contributed by atoms with Gasteiger partial charge in [0.1, 0.15) is 5.82 Å². The molecule has 2 aromatic rings. The molecule has 7 nitrogen and oxygen atoms in total. The van der Waals surface area contributed by atoms with Gasteiger partial charge < -0.3 is 20.9 Å². The van der Waals surface area contributed by atoms with Gasteiger partial charge in [0, 0.05) is 43.1 Å². The number of carbonyl (C=O) groups is 2. The fourth-order valence-electron chi connectivity index (χ4n) is 5.18. The lowest BCUT2D eigenvalue weighted by atomic mass is 9.98. The number of likely N-dealkylation sites (tertiary alicyclic amines) is 1. The first-order valence-electron chi connectivity index (χ1n) is 13.4. The maximum atomic E-state index is 13.3. The number of pyridine rings is 1. The Hall–Kier alpha value is -3.00. The molecule has 3 amide bonds. The van der Waals surface area contributed by atoms with Crippen molar-refractivity contribution in [2.75, 3.05) is 25.0 Å². The van der Waals surface area contributed by atoms with Crippen LogP contribution in [0.1, 0.15) is 73.8 Å². The molecule has 3 N–H and O–H groups in total. The van der Waals surface area contributed by atoms with Crippen LogP contribution < -0.4 is 11.1 Å². The van der Waals surface area contributed by atoms with Crippen molar-refractivity contribution in [1.29, 1.82) is 0 Å². The van der Waals surface area contributed by atoms with Crippen molar-refractivity contribution >= 4 is 17.6 Å². The number of hydrogen-bond acceptors (Lipinski definition) is 4. The molecule has 1 saturated heterocycles. The summed E-state index contributed by atoms with van der Waals surface area (Å²) in [6.45, 7) is 12.9. The molecule has 202 valence electrons. The minimum absolute atomic E-state index is 0.116. The number of nitrogens with one attached hydrogen (secondary N) is 1. The summed E-state index contributed by atoms with van der Waals surface area (Å²) in [7, 11) is 0. The Morgan fingerprint density at radius 2 is 1.84 bits per heavy atom. The molecule has 0 bridgehead atoms. The number of benzene rings is 1. The molecular weight excluding hydrogens is 469 g/mol. The Balaban J connectivity index is 1.57. The molecule has 1 unspecified atom stereocenters. The number of aromatic nitrogens is 1. The number of urea groups is 1. The lowest BCUT2D eigenvalue weighted by Crippen LogP contribution is -2.51. The van der Waals surface area contributed by atoms with Gasteiger partial charge >= 0.3 is 6.03 Å². The second kappa shape index (κ2) is 13.0. The average Bonchev–Trinajstić information content (AvgIpc) is 2.86. The van der Waals surface area contributed by atoms with E-state index in [1.165, 1.54) is 12.1 Å². The normalized spacial score (nSPS) is 16.3. The number of nitrogens with zero attached hydrogens (tertiary/aromatic N) is 3. The molecule has 1 aromatic carbocycles. The highest BCUT2D eigenvalue weighted by Crippen LogP contribution is 2.23. The number of anilines is 1. The van der Waals surface area contributed by atoms with Crippen LogP contribution in [0.5, 0.6) is 0 Å². The Labute approximate surface area is 220 Å². The maximum Gasteiger partial charge on any atom is 0.322 e. The summed E-state index contributed by atoms with van der Waals surface area (Å²) in [5.41, 5.74) is 9.17. The van der Waals surface area contributed by atoms with E-state index in [9.17, 15) is 14.0 Å². The first-order chi connectivity index (χ1) is 17.6. The second-order valence-electron chi connectivity index (χ2n) is 10.5. The number of aryl methyl sites for hydroxylation is 3. The second-order valence-corrected chi connectivity index (χ2v) is 10.5. The van der Waals surface area contributed by atoms with Crippen LogP contribution in [0.3, 0.4) is 0 Å². The summed E-state index contributed by atoms with van der Waals surface area (Å²) in [4.78, 5) is 34.0. The predicted octanol–water partition coefficient (Wildman–Crippen LogP) is 5.30. The summed E-state index contributed by atoms with van der Waals surface area (Å²) in [6.07, 6.45) is 4.64. The monoisotopic (exact) mass is 511 g/mol. The highest BCUT2D eigenvalue weighted by atomic mass is 19.1. The van der Waals surface area contributed by atoms with Gasteiger partial charge in [-0.3, -0.25) is 9.78 Å². The molecule has 37 heavy (non-hydrogen) atoms. The van der Waals surface area contributed by atoms with Crippen molar-refractivity contribution in [3.63, 3.8) is 0 Å². The largest absolute Gasteiger partial charge is 0.366 e. The maximum absolute atomic E-state index is 13.3. The molecule has 0 spiro atoms. The quantitative estimate of drug-likeness (QED) is 0.453. The third-order valence-corrected chi connectivity index (χ3v) is 7.64. The predicted molar refractivity (Wildman–Crippen MR) is 146 cm³/mol. The molecule has 2 atom stereocenters. The van der Waals surface area contributed by atoms with E-state index in [4.69, 9.17) is 5.73 Å². The SMILES string of the molecule is CCC(C)CN(C(=O)Nc1ccc(F)cc1)C1CCN([C@H](C)CCc2cc(C)c(C(N)=O)c(C)n2)CC1. The van der Waals surface area contributed by atoms with E-state index >= 15 is 0 Å². The van der Waals surface area contributed by atoms with Crippen LogP contribution in [0.15, 0.2) is 30.3 Å². The third-order valence-electron chi connectivity index (χ3n) is 7.64. The Morgan fingerprint density at radius 3 is 2.41 bits per heavy atom. The van der Waals surface area contributed by atoms with Crippen LogP contribution in [-0.4, -0.2) is 58.4 Å². The van der Waals surface area contributed by atoms with Crippen LogP contribution in [0.2, 0.25) is 0 Å². The molecular formula is C29H42FN5O2. The van der Waals surface area contributed by atoms with Gasteiger partial charge in [0.2, 0.25) is 0 Å². The van der Waals surface area contributed by atoms with Gasteiger partial charge in [0.25, 0.3) is 5.91 Å². The molecule has 3 rings (SSSR count). The minimum Gasteiger partial charge on any atom is -0.366 e. The number of primary amides is 1. The van der Waals surface area contributed by atoms with Crippen molar-refractivity contribution in [2.24, 2.45) is 11.7 Å². The van der Waals surface area contributed by atoms with Crippen molar-refractivity contribution < 1.29 is 14.0 Å². The smallest absolute Gasteiger partial charge is 0.322 e. The minimum atomic E-state index is -0.431. The van der Waals surface area contributed by atoms with Gasteiger partial charge in [-0.25, -0.2) is 9.18 Å². The fraction of sp³-hybridized carbons (Fsp3) is 0.552. The number of halogens is 1. The first-order valence-corrected chi connectivity index (χ1v) is 13.4. The Bertz CT molecular complexity index is 1040. The van der Waals surface area contributed by atoms with E-state index in [-0.39, 0.29) is 17.9 Å². The molecule has 1 fully saturated rings. The van der Waals surface area contributed by atoms with E-state index in [1.54, 1.807) is 12.1 Å². The molecule has 1 aliphatic heterocycles. The van der Waals surface area contributed by atoms with Crippen LogP contribution in [-0.2, 0) is 6.42 Å². The molecule has 0 radical (unpaired) electrons. The Morgan fingerprint density at radius 1 is 1.19 bits per heavy atom. The molecule has 1 aromatic heterocycles. The van der Waals surface area contributed by atoms with E-state index in [2.05, 4.69) is 36.0 Å². The standard InChI is InChI=1S/C29H42FN5O2/c1-6-19(2)18-35(29(37)33-24-11-8-23(30)9-12-24)26-13-15-34(16-14-26)21(4)7-10-25-17-20(3)27(28(31)36)22(5)32-25/h8-9,11-12,17,19,21,26H,6-7,10,13-16,18H2,1-5H3,(H2,31,36)(H,33,37)/t19?,21-/m1/s1. The molecule has 2 heterocycles.